The van der Waals surface area contributed by atoms with E-state index >= 15 is 0 Å². The topological polar surface area (TPSA) is 12.0 Å². The minimum atomic E-state index is -0.156. The van der Waals surface area contributed by atoms with E-state index in [9.17, 15) is 4.39 Å². The lowest BCUT2D eigenvalue weighted by molar-refractivity contribution is 0.262. The van der Waals surface area contributed by atoms with E-state index in [4.69, 9.17) is 0 Å². The van der Waals surface area contributed by atoms with Gasteiger partial charge in [0.1, 0.15) is 5.82 Å². The molecule has 0 spiro atoms. The number of rotatable bonds is 5. The molecule has 1 unspecified atom stereocenters. The van der Waals surface area contributed by atoms with E-state index in [0.29, 0.717) is 0 Å². The highest BCUT2D eigenvalue weighted by atomic mass is 79.9. The third kappa shape index (κ3) is 3.29. The maximum atomic E-state index is 13.4. The van der Waals surface area contributed by atoms with Crippen LogP contribution in [0.5, 0.6) is 0 Å². The van der Waals surface area contributed by atoms with Crippen molar-refractivity contribution in [3.05, 3.63) is 34.1 Å². The number of halogens is 2. The average Bonchev–Trinajstić information content (AvgIpc) is 2.98. The monoisotopic (exact) mass is 299 g/mol. The highest BCUT2D eigenvalue weighted by molar-refractivity contribution is 9.10. The third-order valence-corrected chi connectivity index (χ3v) is 4.13. The van der Waals surface area contributed by atoms with E-state index in [1.165, 1.54) is 18.9 Å². The molecule has 0 aliphatic heterocycles. The molecule has 1 aromatic carbocycles. The van der Waals surface area contributed by atoms with Crippen molar-refractivity contribution in [2.24, 2.45) is 11.3 Å². The molecular weight excluding hydrogens is 281 g/mol. The van der Waals surface area contributed by atoms with Gasteiger partial charge in [-0.1, -0.05) is 22.9 Å². The molecule has 1 aromatic rings. The second-order valence-corrected chi connectivity index (χ2v) is 6.33. The first kappa shape index (κ1) is 13.0. The first-order valence-electron chi connectivity index (χ1n) is 6.13. The van der Waals surface area contributed by atoms with Crippen LogP contribution in [0.15, 0.2) is 22.7 Å². The largest absolute Gasteiger partial charge is 0.319 e. The van der Waals surface area contributed by atoms with Crippen molar-refractivity contribution in [2.75, 3.05) is 13.6 Å². The molecule has 2 rings (SSSR count). The van der Waals surface area contributed by atoms with Gasteiger partial charge in [-0.2, -0.15) is 0 Å². The molecule has 1 nitrogen and oxygen atoms in total. The summed E-state index contributed by atoms with van der Waals surface area (Å²) >= 11 is 3.36. The molecule has 1 fully saturated rings. The summed E-state index contributed by atoms with van der Waals surface area (Å²) in [5.41, 5.74) is 1.34. The van der Waals surface area contributed by atoms with Crippen molar-refractivity contribution in [1.29, 1.82) is 0 Å². The van der Waals surface area contributed by atoms with Crippen LogP contribution < -0.4 is 5.32 Å². The van der Waals surface area contributed by atoms with Gasteiger partial charge in [0.2, 0.25) is 0 Å². The Bertz CT molecular complexity index is 383. The van der Waals surface area contributed by atoms with Gasteiger partial charge in [-0.3, -0.25) is 0 Å². The predicted molar refractivity (Wildman–Crippen MR) is 72.6 cm³/mol. The Morgan fingerprint density at radius 2 is 2.12 bits per heavy atom. The molecule has 0 amide bonds. The van der Waals surface area contributed by atoms with Crippen LogP contribution in [0, 0.1) is 17.2 Å². The molecule has 1 aliphatic rings. The smallest absolute Gasteiger partial charge is 0.124 e. The van der Waals surface area contributed by atoms with Crippen LogP contribution in [-0.2, 0) is 6.42 Å². The van der Waals surface area contributed by atoms with Crippen molar-refractivity contribution in [1.82, 2.24) is 5.32 Å². The lowest BCUT2D eigenvalue weighted by Crippen LogP contribution is -2.33. The molecule has 17 heavy (non-hydrogen) atoms. The molecule has 1 N–H and O–H groups in total. The molecule has 0 aromatic heterocycles. The van der Waals surface area contributed by atoms with Gasteiger partial charge in [0.25, 0.3) is 0 Å². The summed E-state index contributed by atoms with van der Waals surface area (Å²) in [6.45, 7) is 3.30. The van der Waals surface area contributed by atoms with Crippen LogP contribution in [0.1, 0.15) is 25.3 Å². The van der Waals surface area contributed by atoms with Crippen molar-refractivity contribution in [3.63, 3.8) is 0 Å². The highest BCUT2D eigenvalue weighted by Crippen LogP contribution is 2.47. The molecule has 0 saturated heterocycles. The van der Waals surface area contributed by atoms with E-state index in [0.717, 1.165) is 28.9 Å². The summed E-state index contributed by atoms with van der Waals surface area (Å²) in [7, 11) is 1.99. The lowest BCUT2D eigenvalue weighted by atomic mass is 9.79. The van der Waals surface area contributed by atoms with Gasteiger partial charge in [-0.15, -0.1) is 0 Å². The van der Waals surface area contributed by atoms with E-state index in [2.05, 4.69) is 28.2 Å². The van der Waals surface area contributed by atoms with Gasteiger partial charge in [0, 0.05) is 11.0 Å². The maximum Gasteiger partial charge on any atom is 0.124 e. The number of benzene rings is 1. The van der Waals surface area contributed by atoms with Crippen molar-refractivity contribution >= 4 is 15.9 Å². The standard InChI is InChI=1S/C14H19BrFN/c1-14(9-17-2,11-3-4-11)8-10-5-12(15)7-13(16)6-10/h5-7,11,17H,3-4,8-9H2,1-2H3. The number of hydrogen-bond donors (Lipinski definition) is 1. The van der Waals surface area contributed by atoms with Crippen LogP contribution in [-0.4, -0.2) is 13.6 Å². The molecule has 0 heterocycles. The van der Waals surface area contributed by atoms with Gasteiger partial charge in [-0.25, -0.2) is 4.39 Å². The minimum Gasteiger partial charge on any atom is -0.319 e. The van der Waals surface area contributed by atoms with Crippen LogP contribution in [0.3, 0.4) is 0 Å². The summed E-state index contributed by atoms with van der Waals surface area (Å²) in [6.07, 6.45) is 3.57. The van der Waals surface area contributed by atoms with Crippen molar-refractivity contribution < 1.29 is 4.39 Å². The fraction of sp³-hybridized carbons (Fsp3) is 0.571. The quantitative estimate of drug-likeness (QED) is 0.873. The Labute approximate surface area is 111 Å². The van der Waals surface area contributed by atoms with Gasteiger partial charge in [0.15, 0.2) is 0 Å². The zero-order chi connectivity index (χ0) is 12.5. The Kier molecular flexibility index (Phi) is 3.88. The molecule has 0 radical (unpaired) electrons. The van der Waals surface area contributed by atoms with E-state index in [1.54, 1.807) is 6.07 Å². The van der Waals surface area contributed by atoms with E-state index in [1.807, 2.05) is 13.1 Å². The van der Waals surface area contributed by atoms with Gasteiger partial charge in [-0.05, 0) is 61.4 Å². The van der Waals surface area contributed by atoms with Crippen LogP contribution in [0.4, 0.5) is 4.39 Å². The van der Waals surface area contributed by atoms with Gasteiger partial charge < -0.3 is 5.32 Å². The SMILES string of the molecule is CNCC(C)(Cc1cc(F)cc(Br)c1)C1CC1. The summed E-state index contributed by atoms with van der Waals surface area (Å²) < 4.78 is 14.2. The van der Waals surface area contributed by atoms with Crippen molar-refractivity contribution in [3.8, 4) is 0 Å². The fourth-order valence-electron chi connectivity index (χ4n) is 2.71. The fourth-order valence-corrected chi connectivity index (χ4v) is 3.23. The van der Waals surface area contributed by atoms with Gasteiger partial charge >= 0.3 is 0 Å². The predicted octanol–water partition coefficient (Wildman–Crippen LogP) is 3.77. The van der Waals surface area contributed by atoms with Crippen LogP contribution in [0.25, 0.3) is 0 Å². The Balaban J connectivity index is 2.16. The normalized spacial score (nSPS) is 19.1. The maximum absolute atomic E-state index is 13.4. The Morgan fingerprint density at radius 3 is 2.65 bits per heavy atom. The highest BCUT2D eigenvalue weighted by Gasteiger charge is 2.40. The summed E-state index contributed by atoms with van der Waals surface area (Å²) in [4.78, 5) is 0. The average molecular weight is 300 g/mol. The molecule has 1 aliphatic carbocycles. The summed E-state index contributed by atoms with van der Waals surface area (Å²) in [5.74, 6) is 0.633. The molecule has 3 heteroatoms. The minimum absolute atomic E-state index is 0.156. The Morgan fingerprint density at radius 1 is 1.41 bits per heavy atom. The first-order chi connectivity index (χ1) is 8.03. The van der Waals surface area contributed by atoms with E-state index < -0.39 is 0 Å². The lowest BCUT2D eigenvalue weighted by Gasteiger charge is -2.30. The van der Waals surface area contributed by atoms with E-state index in [-0.39, 0.29) is 11.2 Å². The molecule has 94 valence electrons. The first-order valence-corrected chi connectivity index (χ1v) is 6.92. The summed E-state index contributed by atoms with van der Waals surface area (Å²) in [6, 6.07) is 5.19. The molecule has 1 atom stereocenters. The third-order valence-electron chi connectivity index (χ3n) is 3.67. The van der Waals surface area contributed by atoms with Crippen LogP contribution in [0.2, 0.25) is 0 Å². The second kappa shape index (κ2) is 5.07. The van der Waals surface area contributed by atoms with Crippen LogP contribution >= 0.6 is 15.9 Å². The molecule has 1 saturated carbocycles. The zero-order valence-electron chi connectivity index (χ0n) is 10.4. The Hall–Kier alpha value is -0.410. The molecular formula is C14H19BrFN. The number of nitrogens with one attached hydrogen (secondary N) is 1. The van der Waals surface area contributed by atoms with Gasteiger partial charge in [0.05, 0.1) is 0 Å². The second-order valence-electron chi connectivity index (χ2n) is 5.41. The molecule has 0 bridgehead atoms. The summed E-state index contributed by atoms with van der Waals surface area (Å²) in [5, 5.41) is 3.27. The van der Waals surface area contributed by atoms with Crippen molar-refractivity contribution in [2.45, 2.75) is 26.2 Å². The zero-order valence-corrected chi connectivity index (χ0v) is 12.0. The number of hydrogen-bond acceptors (Lipinski definition) is 1.